The molecule has 4 aromatic rings. The van der Waals surface area contributed by atoms with Crippen LogP contribution in [0, 0.1) is 0 Å². The van der Waals surface area contributed by atoms with E-state index in [4.69, 9.17) is 32.9 Å². The summed E-state index contributed by atoms with van der Waals surface area (Å²) < 4.78 is 7.90. The molecule has 0 radical (unpaired) electrons. The second kappa shape index (κ2) is 16.0. The zero-order chi connectivity index (χ0) is 34.3. The maximum absolute atomic E-state index is 13.9. The first-order valence-corrected chi connectivity index (χ1v) is 17.5. The Morgan fingerprint density at radius 3 is 2.69 bits per heavy atom. The van der Waals surface area contributed by atoms with Crippen LogP contribution in [0.4, 0.5) is 5.95 Å². The number of halogens is 2. The van der Waals surface area contributed by atoms with Gasteiger partial charge in [-0.2, -0.15) is 5.11 Å². The van der Waals surface area contributed by atoms with Crippen molar-refractivity contribution in [1.82, 2.24) is 19.4 Å². The molecule has 49 heavy (non-hydrogen) atoms. The van der Waals surface area contributed by atoms with Crippen molar-refractivity contribution in [3.63, 3.8) is 0 Å². The van der Waals surface area contributed by atoms with Crippen molar-refractivity contribution >= 4 is 52.3 Å². The number of carbonyl (C=O) groups is 1. The molecule has 1 fully saturated rings. The summed E-state index contributed by atoms with van der Waals surface area (Å²) in [5, 5.41) is 12.7. The van der Waals surface area contributed by atoms with Crippen molar-refractivity contribution < 1.29 is 9.53 Å². The molecule has 3 aromatic carbocycles. The molecule has 2 atom stereocenters. The normalized spacial score (nSPS) is 17.2. The van der Waals surface area contributed by atoms with Gasteiger partial charge in [-0.25, -0.2) is 4.98 Å². The minimum atomic E-state index is -0.316. The summed E-state index contributed by atoms with van der Waals surface area (Å²) >= 11 is 12.8. The van der Waals surface area contributed by atoms with Gasteiger partial charge in [-0.05, 0) is 85.6 Å². The Morgan fingerprint density at radius 1 is 1.06 bits per heavy atom. The van der Waals surface area contributed by atoms with Crippen LogP contribution in [0.15, 0.2) is 88.3 Å². The SMILES string of the molecule is CC=CCn1c(N2CCCN(CCC(CN(C)C(=O)c3cc(C4C=NN=N4)ccc3OC)c3ccc(Cl)c(Cl)c3)CC2)nc2ccccc21. The van der Waals surface area contributed by atoms with Crippen LogP contribution >= 0.6 is 23.2 Å². The molecule has 1 saturated heterocycles. The summed E-state index contributed by atoms with van der Waals surface area (Å²) in [7, 11) is 3.40. The number of hydrogen-bond donors (Lipinski definition) is 0. The summed E-state index contributed by atoms with van der Waals surface area (Å²) in [6.07, 6.45) is 7.79. The summed E-state index contributed by atoms with van der Waals surface area (Å²) in [4.78, 5) is 25.7. The first-order chi connectivity index (χ1) is 23.9. The largest absolute Gasteiger partial charge is 0.496 e. The summed E-state index contributed by atoms with van der Waals surface area (Å²) in [6.45, 7) is 7.94. The summed E-state index contributed by atoms with van der Waals surface area (Å²) in [5.74, 6) is 1.42. The highest BCUT2D eigenvalue weighted by Gasteiger charge is 2.26. The molecule has 0 spiro atoms. The number of amides is 1. The van der Waals surface area contributed by atoms with Crippen molar-refractivity contribution in [1.29, 1.82) is 0 Å². The lowest BCUT2D eigenvalue weighted by atomic mass is 9.94. The Morgan fingerprint density at radius 2 is 1.92 bits per heavy atom. The van der Waals surface area contributed by atoms with E-state index in [1.807, 2.05) is 43.4 Å². The Kier molecular flexibility index (Phi) is 11.3. The van der Waals surface area contributed by atoms with E-state index in [0.29, 0.717) is 27.9 Å². The molecule has 2 aliphatic rings. The van der Waals surface area contributed by atoms with Gasteiger partial charge in [0.05, 0.1) is 40.0 Å². The quantitative estimate of drug-likeness (QED) is 0.140. The molecule has 6 rings (SSSR count). The standard InChI is InChI=1S/C37H42Cl2N8O2/c1-4-5-18-47-34-10-7-6-9-32(34)41-37(47)46-17-8-16-45(20-21-46)19-15-28(26-11-13-30(38)31(39)23-26)25-44(2)36(48)29-22-27(12-14-35(29)49-3)33-24-40-43-42-33/h4-7,9-14,22-24,28,33H,8,15-21,25H2,1-3H3. The lowest BCUT2D eigenvalue weighted by Crippen LogP contribution is -2.35. The number of anilines is 1. The van der Waals surface area contributed by atoms with E-state index in [-0.39, 0.29) is 17.9 Å². The highest BCUT2D eigenvalue weighted by Crippen LogP contribution is 2.32. The summed E-state index contributed by atoms with van der Waals surface area (Å²) in [6, 6.07) is 19.3. The van der Waals surface area contributed by atoms with Crippen molar-refractivity contribution in [3.05, 3.63) is 99.6 Å². The topological polar surface area (TPSA) is 90.9 Å². The van der Waals surface area contributed by atoms with Gasteiger partial charge in [0, 0.05) is 45.7 Å². The minimum absolute atomic E-state index is 0.0260. The number of aromatic nitrogens is 2. The first kappa shape index (κ1) is 34.6. The molecule has 0 N–H and O–H groups in total. The molecule has 1 amide bonds. The van der Waals surface area contributed by atoms with Crippen LogP contribution in [-0.4, -0.2) is 84.9 Å². The van der Waals surface area contributed by atoms with Crippen molar-refractivity contribution in [2.24, 2.45) is 15.4 Å². The Bertz CT molecular complexity index is 1860. The number of carbonyl (C=O) groups excluding carboxylic acids is 1. The number of ether oxygens (including phenoxy) is 1. The minimum Gasteiger partial charge on any atom is -0.496 e. The van der Waals surface area contributed by atoms with Crippen LogP contribution in [0.1, 0.15) is 53.2 Å². The number of fused-ring (bicyclic) bond motifs is 1. The Hall–Kier alpha value is -4.25. The van der Waals surface area contributed by atoms with E-state index in [2.05, 4.69) is 67.1 Å². The number of hydrogen-bond acceptors (Lipinski definition) is 8. The molecule has 3 heterocycles. The van der Waals surface area contributed by atoms with Crippen molar-refractivity contribution in [2.75, 3.05) is 58.3 Å². The number of imidazole rings is 1. The predicted molar refractivity (Wildman–Crippen MR) is 198 cm³/mol. The van der Waals surface area contributed by atoms with E-state index in [1.165, 1.54) is 0 Å². The molecular formula is C37H42Cl2N8O2. The molecule has 1 aromatic heterocycles. The second-order valence-electron chi connectivity index (χ2n) is 12.5. The van der Waals surface area contributed by atoms with E-state index in [0.717, 1.165) is 80.2 Å². The van der Waals surface area contributed by atoms with Crippen LogP contribution in [0.5, 0.6) is 5.75 Å². The average molecular weight is 702 g/mol. The van der Waals surface area contributed by atoms with E-state index < -0.39 is 0 Å². The Labute approximate surface area is 297 Å². The average Bonchev–Trinajstić information content (AvgIpc) is 3.73. The van der Waals surface area contributed by atoms with Gasteiger partial charge < -0.3 is 24.0 Å². The molecular weight excluding hydrogens is 659 g/mol. The third-order valence-electron chi connectivity index (χ3n) is 9.31. The molecule has 12 heteroatoms. The van der Waals surface area contributed by atoms with Crippen molar-refractivity contribution in [3.8, 4) is 5.75 Å². The summed E-state index contributed by atoms with van der Waals surface area (Å²) in [5.41, 5.74) is 4.53. The first-order valence-electron chi connectivity index (χ1n) is 16.7. The molecule has 10 nitrogen and oxygen atoms in total. The number of benzene rings is 3. The lowest BCUT2D eigenvalue weighted by Gasteiger charge is -2.28. The van der Waals surface area contributed by atoms with E-state index >= 15 is 0 Å². The van der Waals surface area contributed by atoms with Crippen molar-refractivity contribution in [2.45, 2.75) is 38.3 Å². The Balaban J connectivity index is 1.17. The fourth-order valence-corrected chi connectivity index (χ4v) is 6.92. The molecule has 0 saturated carbocycles. The van der Waals surface area contributed by atoms with Gasteiger partial charge in [0.2, 0.25) is 5.95 Å². The van der Waals surface area contributed by atoms with Gasteiger partial charge in [0.15, 0.2) is 0 Å². The highest BCUT2D eigenvalue weighted by atomic mass is 35.5. The van der Waals surface area contributed by atoms with Crippen LogP contribution in [-0.2, 0) is 6.54 Å². The smallest absolute Gasteiger partial charge is 0.257 e. The lowest BCUT2D eigenvalue weighted by molar-refractivity contribution is 0.0779. The second-order valence-corrected chi connectivity index (χ2v) is 13.3. The van der Waals surface area contributed by atoms with Gasteiger partial charge >= 0.3 is 0 Å². The molecule has 0 bridgehead atoms. The van der Waals surface area contributed by atoms with E-state index in [1.54, 1.807) is 24.3 Å². The van der Waals surface area contributed by atoms with Crippen LogP contribution in [0.2, 0.25) is 10.0 Å². The highest BCUT2D eigenvalue weighted by molar-refractivity contribution is 6.42. The molecule has 2 aliphatic heterocycles. The van der Waals surface area contributed by atoms with Gasteiger partial charge in [-0.1, -0.05) is 59.6 Å². The van der Waals surface area contributed by atoms with Gasteiger partial charge in [0.1, 0.15) is 11.8 Å². The number of allylic oxidation sites excluding steroid dienone is 2. The zero-order valence-corrected chi connectivity index (χ0v) is 29.7. The maximum atomic E-state index is 13.9. The number of methoxy groups -OCH3 is 1. The fraction of sp³-hybridized carbons (Fsp3) is 0.378. The predicted octanol–water partition coefficient (Wildman–Crippen LogP) is 7.88. The number of rotatable bonds is 12. The number of para-hydroxylation sites is 2. The van der Waals surface area contributed by atoms with Crippen LogP contribution in [0.25, 0.3) is 11.0 Å². The molecule has 256 valence electrons. The van der Waals surface area contributed by atoms with Gasteiger partial charge in [-0.3, -0.25) is 4.79 Å². The number of nitrogens with zero attached hydrogens (tertiary/aromatic N) is 8. The van der Waals surface area contributed by atoms with Gasteiger partial charge in [0.25, 0.3) is 5.91 Å². The molecule has 0 aliphatic carbocycles. The third-order valence-corrected chi connectivity index (χ3v) is 10.0. The van der Waals surface area contributed by atoms with E-state index in [9.17, 15) is 4.79 Å². The van der Waals surface area contributed by atoms with Crippen LogP contribution < -0.4 is 9.64 Å². The monoisotopic (exact) mass is 700 g/mol. The number of likely N-dealkylation sites (N-methyl/N-ethyl adjacent to an activating group) is 1. The fourth-order valence-electron chi connectivity index (χ4n) is 6.61. The third kappa shape index (κ3) is 7.98. The van der Waals surface area contributed by atoms with Gasteiger partial charge in [-0.15, -0.1) is 5.10 Å². The maximum Gasteiger partial charge on any atom is 0.257 e. The zero-order valence-electron chi connectivity index (χ0n) is 28.2. The van der Waals surface area contributed by atoms with Crippen LogP contribution in [0.3, 0.4) is 0 Å². The molecule has 2 unspecified atom stereocenters.